The number of aromatic nitrogens is 1. The molecular formula is C15H20N4O2. The lowest BCUT2D eigenvalue weighted by Crippen LogP contribution is -2.42. The smallest absolute Gasteiger partial charge is 0.267 e. The van der Waals surface area contributed by atoms with E-state index in [2.05, 4.69) is 10.3 Å². The second-order valence-electron chi connectivity index (χ2n) is 6.37. The van der Waals surface area contributed by atoms with E-state index in [1.54, 1.807) is 0 Å². The number of amides is 2. The first kappa shape index (κ1) is 15.1. The molecule has 1 aliphatic rings. The van der Waals surface area contributed by atoms with Crippen molar-refractivity contribution in [3.8, 4) is 6.07 Å². The molecule has 2 amide bonds. The van der Waals surface area contributed by atoms with Crippen LogP contribution in [0.3, 0.4) is 0 Å². The average Bonchev–Trinajstić information content (AvgIpc) is 3.01. The van der Waals surface area contributed by atoms with Crippen LogP contribution in [0, 0.1) is 17.2 Å². The quantitative estimate of drug-likeness (QED) is 0.877. The summed E-state index contributed by atoms with van der Waals surface area (Å²) in [5, 5.41) is 11.5. The van der Waals surface area contributed by atoms with Crippen LogP contribution in [0.15, 0.2) is 12.3 Å². The molecule has 0 unspecified atom stereocenters. The summed E-state index contributed by atoms with van der Waals surface area (Å²) in [6.07, 6.45) is 1.96. The predicted octanol–water partition coefficient (Wildman–Crippen LogP) is 1.26. The highest BCUT2D eigenvalue weighted by atomic mass is 16.2. The number of hydrogen-bond acceptors (Lipinski definition) is 3. The van der Waals surface area contributed by atoms with Crippen LogP contribution in [0.1, 0.15) is 43.2 Å². The summed E-state index contributed by atoms with van der Waals surface area (Å²) in [5.74, 6) is 0.0117. The molecule has 21 heavy (non-hydrogen) atoms. The van der Waals surface area contributed by atoms with Gasteiger partial charge in [-0.2, -0.15) is 5.26 Å². The molecule has 6 heteroatoms. The molecule has 2 N–H and O–H groups in total. The van der Waals surface area contributed by atoms with Gasteiger partial charge in [-0.25, -0.2) is 0 Å². The normalized spacial score (nSPS) is 18.7. The van der Waals surface area contributed by atoms with Gasteiger partial charge in [0.1, 0.15) is 11.8 Å². The van der Waals surface area contributed by atoms with Crippen molar-refractivity contribution < 1.29 is 9.59 Å². The van der Waals surface area contributed by atoms with Gasteiger partial charge in [0.15, 0.2) is 0 Å². The Morgan fingerprint density at radius 1 is 1.57 bits per heavy atom. The van der Waals surface area contributed by atoms with Gasteiger partial charge in [-0.1, -0.05) is 0 Å². The summed E-state index contributed by atoms with van der Waals surface area (Å²) in [5.41, 5.74) is 0.607. The molecule has 1 atom stereocenters. The van der Waals surface area contributed by atoms with Crippen molar-refractivity contribution in [1.82, 2.24) is 15.2 Å². The first-order valence-corrected chi connectivity index (χ1v) is 6.98. The van der Waals surface area contributed by atoms with Gasteiger partial charge in [0, 0.05) is 37.2 Å². The third-order valence-corrected chi connectivity index (χ3v) is 3.62. The number of aromatic amines is 1. The van der Waals surface area contributed by atoms with Crippen molar-refractivity contribution >= 4 is 11.8 Å². The van der Waals surface area contributed by atoms with Gasteiger partial charge in [-0.15, -0.1) is 0 Å². The monoisotopic (exact) mass is 288 g/mol. The van der Waals surface area contributed by atoms with Crippen LogP contribution in [0.4, 0.5) is 0 Å². The molecule has 0 bridgehead atoms. The summed E-state index contributed by atoms with van der Waals surface area (Å²) < 4.78 is 0. The summed E-state index contributed by atoms with van der Waals surface area (Å²) >= 11 is 0. The van der Waals surface area contributed by atoms with Crippen molar-refractivity contribution in [3.63, 3.8) is 0 Å². The summed E-state index contributed by atoms with van der Waals surface area (Å²) in [6, 6.07) is 3.48. The Balaban J connectivity index is 1.88. The molecule has 2 rings (SSSR count). The molecule has 0 radical (unpaired) electrons. The fourth-order valence-corrected chi connectivity index (χ4v) is 2.49. The average molecular weight is 288 g/mol. The van der Waals surface area contributed by atoms with Crippen LogP contribution in [-0.4, -0.2) is 40.3 Å². The zero-order valence-corrected chi connectivity index (χ0v) is 12.6. The number of likely N-dealkylation sites (tertiary alicyclic amines) is 1. The van der Waals surface area contributed by atoms with Gasteiger partial charge in [-0.05, 0) is 26.8 Å². The number of nitrogens with zero attached hydrogens (tertiary/aromatic N) is 2. The fourth-order valence-electron chi connectivity index (χ4n) is 2.49. The van der Waals surface area contributed by atoms with E-state index in [4.69, 9.17) is 5.26 Å². The van der Waals surface area contributed by atoms with Gasteiger partial charge in [0.05, 0.1) is 5.56 Å². The Hall–Kier alpha value is -2.29. The predicted molar refractivity (Wildman–Crippen MR) is 77.4 cm³/mol. The molecule has 112 valence electrons. The van der Waals surface area contributed by atoms with Crippen molar-refractivity contribution in [1.29, 1.82) is 5.26 Å². The summed E-state index contributed by atoms with van der Waals surface area (Å²) in [6.45, 7) is 7.14. The summed E-state index contributed by atoms with van der Waals surface area (Å²) in [7, 11) is 0. The molecule has 1 fully saturated rings. The molecule has 1 aromatic rings. The largest absolute Gasteiger partial charge is 0.356 e. The third-order valence-electron chi connectivity index (χ3n) is 3.62. The minimum atomic E-state index is -0.252. The van der Waals surface area contributed by atoms with Gasteiger partial charge in [0.25, 0.3) is 5.91 Å². The Labute approximate surface area is 124 Å². The number of carbonyl (C=O) groups is 2. The van der Waals surface area contributed by atoms with Crippen LogP contribution in [0.5, 0.6) is 0 Å². The van der Waals surface area contributed by atoms with E-state index >= 15 is 0 Å². The second kappa shape index (κ2) is 5.60. The molecule has 2 heterocycles. The lowest BCUT2D eigenvalue weighted by molar-refractivity contribution is -0.131. The summed E-state index contributed by atoms with van der Waals surface area (Å²) in [4.78, 5) is 28.5. The van der Waals surface area contributed by atoms with E-state index in [1.165, 1.54) is 12.3 Å². The molecule has 0 saturated carbocycles. The highest BCUT2D eigenvalue weighted by Gasteiger charge is 2.36. The van der Waals surface area contributed by atoms with E-state index in [1.807, 2.05) is 31.7 Å². The third kappa shape index (κ3) is 3.43. The first-order chi connectivity index (χ1) is 9.81. The van der Waals surface area contributed by atoms with Gasteiger partial charge in [0.2, 0.25) is 5.91 Å². The molecule has 0 aromatic carbocycles. The van der Waals surface area contributed by atoms with E-state index in [9.17, 15) is 9.59 Å². The standard InChI is InChI=1S/C15H20N4O2/c1-15(2,3)19-9-11(5-13(19)20)8-18-14(21)12-4-10(6-16)7-17-12/h4,7,11,17H,5,8-9H2,1-3H3,(H,18,21)/t11-/m1/s1. The number of carbonyl (C=O) groups excluding carboxylic acids is 2. The van der Waals surface area contributed by atoms with Crippen molar-refractivity contribution in [2.75, 3.05) is 13.1 Å². The Bertz CT molecular complexity index is 592. The number of hydrogen-bond donors (Lipinski definition) is 2. The number of nitrogens with one attached hydrogen (secondary N) is 2. The van der Waals surface area contributed by atoms with Crippen LogP contribution >= 0.6 is 0 Å². The zero-order chi connectivity index (χ0) is 15.6. The van der Waals surface area contributed by atoms with Gasteiger partial charge in [-0.3, -0.25) is 9.59 Å². The highest BCUT2D eigenvalue weighted by molar-refractivity contribution is 5.92. The minimum Gasteiger partial charge on any atom is -0.356 e. The van der Waals surface area contributed by atoms with Crippen LogP contribution < -0.4 is 5.32 Å². The number of nitriles is 1. The fraction of sp³-hybridized carbons (Fsp3) is 0.533. The lowest BCUT2D eigenvalue weighted by atomic mass is 10.1. The molecule has 6 nitrogen and oxygen atoms in total. The highest BCUT2D eigenvalue weighted by Crippen LogP contribution is 2.25. The first-order valence-electron chi connectivity index (χ1n) is 6.98. The topological polar surface area (TPSA) is 89.0 Å². The molecule has 0 aliphatic carbocycles. The van der Waals surface area contributed by atoms with Crippen LogP contribution in [0.25, 0.3) is 0 Å². The maximum atomic E-state index is 12.0. The Morgan fingerprint density at radius 2 is 2.29 bits per heavy atom. The van der Waals surface area contributed by atoms with Crippen LogP contribution in [0.2, 0.25) is 0 Å². The van der Waals surface area contributed by atoms with E-state index in [-0.39, 0.29) is 23.3 Å². The maximum Gasteiger partial charge on any atom is 0.267 e. The SMILES string of the molecule is CC(C)(C)N1C[C@@H](CNC(=O)c2cc(C#N)c[nH]2)CC1=O. The molecule has 1 aromatic heterocycles. The second-order valence-corrected chi connectivity index (χ2v) is 6.37. The van der Waals surface area contributed by atoms with E-state index in [0.29, 0.717) is 30.8 Å². The van der Waals surface area contributed by atoms with Crippen molar-refractivity contribution in [3.05, 3.63) is 23.5 Å². The molecular weight excluding hydrogens is 268 g/mol. The number of rotatable bonds is 3. The van der Waals surface area contributed by atoms with Crippen molar-refractivity contribution in [2.45, 2.75) is 32.7 Å². The molecule has 1 aliphatic heterocycles. The molecule has 1 saturated heterocycles. The Morgan fingerprint density at radius 3 is 2.81 bits per heavy atom. The van der Waals surface area contributed by atoms with Gasteiger partial charge >= 0.3 is 0 Å². The number of H-pyrrole nitrogens is 1. The zero-order valence-electron chi connectivity index (χ0n) is 12.6. The molecule has 0 spiro atoms. The van der Waals surface area contributed by atoms with E-state index < -0.39 is 0 Å². The van der Waals surface area contributed by atoms with Gasteiger partial charge < -0.3 is 15.2 Å². The van der Waals surface area contributed by atoms with E-state index in [0.717, 1.165) is 0 Å². The minimum absolute atomic E-state index is 0.131. The maximum absolute atomic E-state index is 12.0. The Kier molecular flexibility index (Phi) is 4.03. The van der Waals surface area contributed by atoms with Crippen LogP contribution in [-0.2, 0) is 4.79 Å². The lowest BCUT2D eigenvalue weighted by Gasteiger charge is -2.32. The van der Waals surface area contributed by atoms with Crippen molar-refractivity contribution in [2.24, 2.45) is 5.92 Å².